The Kier molecular flexibility index (Phi) is 2.75. The Morgan fingerprint density at radius 3 is 2.95 bits per heavy atom. The van der Waals surface area contributed by atoms with Crippen LogP contribution < -0.4 is 11.3 Å². The first-order valence-electron chi connectivity index (χ1n) is 6.94. The Balaban J connectivity index is 2.24. The highest BCUT2D eigenvalue weighted by Crippen LogP contribution is 2.47. The standard InChI is InChI=1S/C16H20N2O/c1-3-10-7-12-11-5-6-15(19)18-14(11)9-16(17,8-10)13(12)4-2/h4-7,12H,3,8-9,17H2,1-2H3,(H,18,19)/b13-4+/t12-,16-/m0/s1. The molecule has 0 fully saturated rings. The van der Waals surface area contributed by atoms with Crippen molar-refractivity contribution in [3.63, 3.8) is 0 Å². The molecular formula is C16H20N2O. The first-order chi connectivity index (χ1) is 9.07. The number of fused-ring (bicyclic) bond motifs is 4. The number of aromatic amines is 1. The molecule has 0 saturated heterocycles. The molecule has 0 unspecified atom stereocenters. The first-order valence-corrected chi connectivity index (χ1v) is 6.94. The second-order valence-electron chi connectivity index (χ2n) is 5.67. The average Bonchev–Trinajstić information content (AvgIpc) is 2.36. The molecule has 3 rings (SSSR count). The van der Waals surface area contributed by atoms with Gasteiger partial charge in [0.05, 0.1) is 0 Å². The van der Waals surface area contributed by atoms with E-state index in [-0.39, 0.29) is 17.0 Å². The minimum Gasteiger partial charge on any atom is -0.326 e. The molecule has 2 bridgehead atoms. The summed E-state index contributed by atoms with van der Waals surface area (Å²) in [7, 11) is 0. The van der Waals surface area contributed by atoms with E-state index in [1.165, 1.54) is 16.7 Å². The van der Waals surface area contributed by atoms with Crippen molar-refractivity contribution in [1.29, 1.82) is 0 Å². The lowest BCUT2D eigenvalue weighted by Crippen LogP contribution is -2.51. The van der Waals surface area contributed by atoms with E-state index >= 15 is 0 Å². The highest BCUT2D eigenvalue weighted by atomic mass is 16.1. The number of H-pyrrole nitrogens is 1. The third-order valence-corrected chi connectivity index (χ3v) is 4.48. The molecule has 0 aliphatic heterocycles. The lowest BCUT2D eigenvalue weighted by molar-refractivity contribution is 0.421. The van der Waals surface area contributed by atoms with Gasteiger partial charge in [-0.05, 0) is 30.9 Å². The minimum atomic E-state index is -0.323. The van der Waals surface area contributed by atoms with E-state index in [4.69, 9.17) is 5.73 Å². The number of nitrogens with two attached hydrogens (primary N) is 1. The molecule has 0 aromatic carbocycles. The molecule has 0 amide bonds. The Morgan fingerprint density at radius 1 is 1.47 bits per heavy atom. The second-order valence-corrected chi connectivity index (χ2v) is 5.67. The highest BCUT2D eigenvalue weighted by Gasteiger charge is 2.43. The summed E-state index contributed by atoms with van der Waals surface area (Å²) in [6.45, 7) is 4.24. The zero-order chi connectivity index (χ0) is 13.6. The molecule has 1 aromatic rings. The molecule has 0 spiro atoms. The molecule has 3 heteroatoms. The van der Waals surface area contributed by atoms with Crippen LogP contribution in [0.1, 0.15) is 43.9 Å². The first kappa shape index (κ1) is 12.4. The molecule has 2 atom stereocenters. The van der Waals surface area contributed by atoms with Crippen LogP contribution in [-0.4, -0.2) is 10.5 Å². The number of nitrogens with one attached hydrogen (secondary N) is 1. The maximum absolute atomic E-state index is 11.5. The van der Waals surface area contributed by atoms with E-state index in [2.05, 4.69) is 31.0 Å². The van der Waals surface area contributed by atoms with E-state index in [0.29, 0.717) is 0 Å². The van der Waals surface area contributed by atoms with Gasteiger partial charge in [-0.25, -0.2) is 0 Å². The van der Waals surface area contributed by atoms with E-state index in [1.807, 2.05) is 6.07 Å². The second kappa shape index (κ2) is 4.20. The van der Waals surface area contributed by atoms with Gasteiger partial charge in [-0.3, -0.25) is 4.79 Å². The summed E-state index contributed by atoms with van der Waals surface area (Å²) in [5.74, 6) is 0.235. The van der Waals surface area contributed by atoms with Gasteiger partial charge in [-0.2, -0.15) is 0 Å². The fourth-order valence-electron chi connectivity index (χ4n) is 3.61. The highest BCUT2D eigenvalue weighted by molar-refractivity contribution is 5.51. The summed E-state index contributed by atoms with van der Waals surface area (Å²) < 4.78 is 0. The van der Waals surface area contributed by atoms with Crippen molar-refractivity contribution < 1.29 is 0 Å². The fraction of sp³-hybridized carbons (Fsp3) is 0.438. The summed E-state index contributed by atoms with van der Waals surface area (Å²) in [5.41, 5.74) is 11.2. The van der Waals surface area contributed by atoms with Crippen LogP contribution >= 0.6 is 0 Å². The number of allylic oxidation sites excluding steroid dienone is 2. The van der Waals surface area contributed by atoms with Crippen molar-refractivity contribution in [1.82, 2.24) is 4.98 Å². The lowest BCUT2D eigenvalue weighted by Gasteiger charge is -2.45. The van der Waals surface area contributed by atoms with Crippen LogP contribution in [0.5, 0.6) is 0 Å². The molecule has 3 N–H and O–H groups in total. The van der Waals surface area contributed by atoms with Crippen molar-refractivity contribution in [3.8, 4) is 0 Å². The summed E-state index contributed by atoms with van der Waals surface area (Å²) in [5, 5.41) is 0. The van der Waals surface area contributed by atoms with Crippen molar-refractivity contribution >= 4 is 0 Å². The maximum Gasteiger partial charge on any atom is 0.248 e. The smallest absolute Gasteiger partial charge is 0.248 e. The summed E-state index contributed by atoms with van der Waals surface area (Å²) >= 11 is 0. The molecule has 3 nitrogen and oxygen atoms in total. The zero-order valence-electron chi connectivity index (χ0n) is 11.5. The summed E-state index contributed by atoms with van der Waals surface area (Å²) in [6.07, 6.45) is 7.16. The topological polar surface area (TPSA) is 58.9 Å². The monoisotopic (exact) mass is 256 g/mol. The maximum atomic E-state index is 11.5. The Hall–Kier alpha value is -1.61. The molecule has 2 aliphatic rings. The van der Waals surface area contributed by atoms with E-state index in [0.717, 1.165) is 25.0 Å². The Bertz CT molecular complexity index is 638. The molecule has 2 aliphatic carbocycles. The molecule has 100 valence electrons. The number of hydrogen-bond acceptors (Lipinski definition) is 2. The van der Waals surface area contributed by atoms with Gasteiger partial charge in [0.15, 0.2) is 0 Å². The summed E-state index contributed by atoms with van der Waals surface area (Å²) in [4.78, 5) is 14.5. The third-order valence-electron chi connectivity index (χ3n) is 4.48. The van der Waals surface area contributed by atoms with Crippen LogP contribution in [0.15, 0.2) is 40.2 Å². The predicted molar refractivity (Wildman–Crippen MR) is 77.2 cm³/mol. The largest absolute Gasteiger partial charge is 0.326 e. The third kappa shape index (κ3) is 1.80. The molecule has 0 saturated carbocycles. The van der Waals surface area contributed by atoms with Crippen LogP contribution in [0.2, 0.25) is 0 Å². The molecule has 1 heterocycles. The van der Waals surface area contributed by atoms with Crippen LogP contribution in [0.4, 0.5) is 0 Å². The van der Waals surface area contributed by atoms with Gasteiger partial charge in [-0.15, -0.1) is 0 Å². The van der Waals surface area contributed by atoms with Crippen molar-refractivity contribution in [2.24, 2.45) is 5.73 Å². The van der Waals surface area contributed by atoms with Crippen LogP contribution in [0.3, 0.4) is 0 Å². The Labute approximate surface area is 113 Å². The van der Waals surface area contributed by atoms with Crippen LogP contribution in [0, 0.1) is 0 Å². The number of pyridine rings is 1. The molecular weight excluding hydrogens is 236 g/mol. The lowest BCUT2D eigenvalue weighted by atomic mass is 9.63. The quantitative estimate of drug-likeness (QED) is 0.758. The van der Waals surface area contributed by atoms with Crippen molar-refractivity contribution in [2.45, 2.75) is 44.6 Å². The van der Waals surface area contributed by atoms with Gasteiger partial charge in [0.2, 0.25) is 5.56 Å². The normalized spacial score (nSPS) is 31.0. The fourth-order valence-corrected chi connectivity index (χ4v) is 3.61. The SMILES string of the molecule is C/C=C1\[C@H]2C=C(CC)C[C@]1(N)Cc1[nH]c(=O)ccc12. The van der Waals surface area contributed by atoms with Gasteiger partial charge in [0, 0.05) is 29.6 Å². The van der Waals surface area contributed by atoms with Gasteiger partial charge in [0.1, 0.15) is 0 Å². The van der Waals surface area contributed by atoms with Gasteiger partial charge >= 0.3 is 0 Å². The molecule has 1 aromatic heterocycles. The summed E-state index contributed by atoms with van der Waals surface area (Å²) in [6, 6.07) is 3.57. The molecule has 19 heavy (non-hydrogen) atoms. The van der Waals surface area contributed by atoms with E-state index in [9.17, 15) is 4.79 Å². The van der Waals surface area contributed by atoms with Crippen LogP contribution in [-0.2, 0) is 6.42 Å². The zero-order valence-corrected chi connectivity index (χ0v) is 11.5. The van der Waals surface area contributed by atoms with Gasteiger partial charge in [0.25, 0.3) is 0 Å². The number of hydrogen-bond donors (Lipinski definition) is 2. The van der Waals surface area contributed by atoms with Crippen LogP contribution in [0.25, 0.3) is 0 Å². The van der Waals surface area contributed by atoms with Gasteiger partial charge in [-0.1, -0.05) is 30.7 Å². The Morgan fingerprint density at radius 2 is 2.26 bits per heavy atom. The van der Waals surface area contributed by atoms with E-state index < -0.39 is 0 Å². The van der Waals surface area contributed by atoms with E-state index in [1.54, 1.807) is 6.07 Å². The van der Waals surface area contributed by atoms with Crippen molar-refractivity contribution in [3.05, 3.63) is 57.0 Å². The van der Waals surface area contributed by atoms with Gasteiger partial charge < -0.3 is 10.7 Å². The molecule has 0 radical (unpaired) electrons. The van der Waals surface area contributed by atoms with Crippen molar-refractivity contribution in [2.75, 3.05) is 0 Å². The number of rotatable bonds is 1. The predicted octanol–water partition coefficient (Wildman–Crippen LogP) is 2.40. The minimum absolute atomic E-state index is 0.0379. The number of aromatic nitrogens is 1. The average molecular weight is 256 g/mol.